The van der Waals surface area contributed by atoms with Crippen LogP contribution in [0.2, 0.25) is 0 Å². The van der Waals surface area contributed by atoms with E-state index in [0.29, 0.717) is 5.41 Å². The Morgan fingerprint density at radius 3 is 2.62 bits per heavy atom. The summed E-state index contributed by atoms with van der Waals surface area (Å²) in [7, 11) is 0. The molecule has 0 N–H and O–H groups in total. The van der Waals surface area contributed by atoms with Crippen molar-refractivity contribution in [2.45, 2.75) is 53.4 Å². The summed E-state index contributed by atoms with van der Waals surface area (Å²) in [6, 6.07) is 0. The number of hydrogen-bond donors (Lipinski definition) is 0. The lowest BCUT2D eigenvalue weighted by Crippen LogP contribution is -2.19. The zero-order chi connectivity index (χ0) is 9.90. The van der Waals surface area contributed by atoms with Gasteiger partial charge in [-0.15, -0.1) is 0 Å². The third-order valence-electron chi connectivity index (χ3n) is 3.24. The standard InChI is InChI=1S/C13H22/c1-5-6-9-12-11(2)8-7-10-13(12,3)4/h5-6H,7-10H2,1-4H3/b6-5-. The van der Waals surface area contributed by atoms with E-state index in [-0.39, 0.29) is 0 Å². The summed E-state index contributed by atoms with van der Waals surface area (Å²) in [5, 5.41) is 0. The molecule has 0 saturated heterocycles. The van der Waals surface area contributed by atoms with Crippen LogP contribution in [0, 0.1) is 5.41 Å². The van der Waals surface area contributed by atoms with Gasteiger partial charge in [0, 0.05) is 0 Å². The molecule has 0 aromatic rings. The molecule has 1 rings (SSSR count). The Morgan fingerprint density at radius 1 is 1.38 bits per heavy atom. The molecule has 0 aromatic carbocycles. The van der Waals surface area contributed by atoms with E-state index in [2.05, 4.69) is 39.8 Å². The molecule has 1 aliphatic carbocycles. The Labute approximate surface area is 82.7 Å². The topological polar surface area (TPSA) is 0 Å². The second-order valence-electron chi connectivity index (χ2n) is 4.77. The van der Waals surface area contributed by atoms with Crippen molar-refractivity contribution < 1.29 is 0 Å². The third-order valence-corrected chi connectivity index (χ3v) is 3.24. The zero-order valence-electron chi connectivity index (χ0n) is 9.48. The quantitative estimate of drug-likeness (QED) is 0.547. The zero-order valence-corrected chi connectivity index (χ0v) is 9.48. The molecule has 0 atom stereocenters. The van der Waals surface area contributed by atoms with Crippen molar-refractivity contribution in [2.24, 2.45) is 5.41 Å². The third kappa shape index (κ3) is 2.46. The molecule has 0 saturated carbocycles. The first kappa shape index (κ1) is 10.6. The fraction of sp³-hybridized carbons (Fsp3) is 0.692. The minimum atomic E-state index is 0.446. The highest BCUT2D eigenvalue weighted by molar-refractivity contribution is 5.24. The molecule has 74 valence electrons. The van der Waals surface area contributed by atoms with Gasteiger partial charge in [-0.05, 0) is 44.9 Å². The Hall–Kier alpha value is -0.520. The van der Waals surface area contributed by atoms with Gasteiger partial charge in [-0.2, -0.15) is 0 Å². The molecule has 0 aliphatic heterocycles. The molecule has 1 aliphatic rings. The van der Waals surface area contributed by atoms with Crippen molar-refractivity contribution in [1.82, 2.24) is 0 Å². The Balaban J connectivity index is 2.84. The predicted molar refractivity (Wildman–Crippen MR) is 59.8 cm³/mol. The first-order valence-electron chi connectivity index (χ1n) is 5.38. The van der Waals surface area contributed by atoms with Crippen molar-refractivity contribution >= 4 is 0 Å². The first-order chi connectivity index (χ1) is 6.08. The molecule has 0 amide bonds. The highest BCUT2D eigenvalue weighted by Crippen LogP contribution is 2.41. The predicted octanol–water partition coefficient (Wildman–Crippen LogP) is 4.48. The van der Waals surface area contributed by atoms with E-state index in [0.717, 1.165) is 6.42 Å². The summed E-state index contributed by atoms with van der Waals surface area (Å²) in [5.74, 6) is 0. The van der Waals surface area contributed by atoms with Crippen LogP contribution < -0.4 is 0 Å². The second-order valence-corrected chi connectivity index (χ2v) is 4.77. The number of allylic oxidation sites excluding steroid dienone is 4. The lowest BCUT2D eigenvalue weighted by Gasteiger charge is -2.34. The fourth-order valence-corrected chi connectivity index (χ4v) is 2.36. The fourth-order valence-electron chi connectivity index (χ4n) is 2.36. The molecule has 13 heavy (non-hydrogen) atoms. The minimum absolute atomic E-state index is 0.446. The van der Waals surface area contributed by atoms with Gasteiger partial charge in [-0.3, -0.25) is 0 Å². The van der Waals surface area contributed by atoms with Crippen LogP contribution in [0.25, 0.3) is 0 Å². The molecule has 0 unspecified atom stereocenters. The summed E-state index contributed by atoms with van der Waals surface area (Å²) >= 11 is 0. The van der Waals surface area contributed by atoms with Gasteiger partial charge in [-0.25, -0.2) is 0 Å². The van der Waals surface area contributed by atoms with E-state index in [1.54, 1.807) is 11.1 Å². The van der Waals surface area contributed by atoms with Gasteiger partial charge in [0.2, 0.25) is 0 Å². The Bertz CT molecular complexity index is 228. The summed E-state index contributed by atoms with van der Waals surface area (Å²) in [5.41, 5.74) is 3.76. The van der Waals surface area contributed by atoms with E-state index in [4.69, 9.17) is 0 Å². The van der Waals surface area contributed by atoms with Crippen LogP contribution in [0.3, 0.4) is 0 Å². The lowest BCUT2D eigenvalue weighted by atomic mass is 9.71. The van der Waals surface area contributed by atoms with Crippen molar-refractivity contribution in [3.8, 4) is 0 Å². The average molecular weight is 178 g/mol. The van der Waals surface area contributed by atoms with Gasteiger partial charge in [-0.1, -0.05) is 37.1 Å². The smallest absolute Gasteiger partial charge is 0.0131 e. The highest BCUT2D eigenvalue weighted by Gasteiger charge is 2.26. The largest absolute Gasteiger partial charge is 0.0913 e. The van der Waals surface area contributed by atoms with Crippen LogP contribution in [0.15, 0.2) is 23.3 Å². The van der Waals surface area contributed by atoms with Crippen molar-refractivity contribution in [3.05, 3.63) is 23.3 Å². The summed E-state index contributed by atoms with van der Waals surface area (Å²) in [4.78, 5) is 0. The summed E-state index contributed by atoms with van der Waals surface area (Å²) in [6.07, 6.45) is 9.65. The van der Waals surface area contributed by atoms with Gasteiger partial charge in [0.1, 0.15) is 0 Å². The minimum Gasteiger partial charge on any atom is -0.0913 e. The maximum atomic E-state index is 2.38. The maximum Gasteiger partial charge on any atom is -0.0131 e. The van der Waals surface area contributed by atoms with Crippen LogP contribution in [-0.2, 0) is 0 Å². The van der Waals surface area contributed by atoms with Crippen LogP contribution in [-0.4, -0.2) is 0 Å². The Morgan fingerprint density at radius 2 is 2.08 bits per heavy atom. The van der Waals surface area contributed by atoms with Crippen LogP contribution in [0.4, 0.5) is 0 Å². The average Bonchev–Trinajstić information content (AvgIpc) is 2.02. The van der Waals surface area contributed by atoms with Crippen LogP contribution >= 0.6 is 0 Å². The van der Waals surface area contributed by atoms with Crippen LogP contribution in [0.5, 0.6) is 0 Å². The molecule has 0 bridgehead atoms. The normalized spacial score (nSPS) is 22.8. The van der Waals surface area contributed by atoms with E-state index in [1.165, 1.54) is 19.3 Å². The van der Waals surface area contributed by atoms with E-state index in [1.807, 2.05) is 0 Å². The van der Waals surface area contributed by atoms with Gasteiger partial charge < -0.3 is 0 Å². The van der Waals surface area contributed by atoms with Crippen LogP contribution in [0.1, 0.15) is 53.4 Å². The molecular weight excluding hydrogens is 156 g/mol. The molecule has 0 spiro atoms. The van der Waals surface area contributed by atoms with Gasteiger partial charge in [0.15, 0.2) is 0 Å². The molecule has 0 fully saturated rings. The van der Waals surface area contributed by atoms with Crippen molar-refractivity contribution in [2.75, 3.05) is 0 Å². The molecule has 0 heterocycles. The number of hydrogen-bond acceptors (Lipinski definition) is 0. The lowest BCUT2D eigenvalue weighted by molar-refractivity contribution is 0.361. The van der Waals surface area contributed by atoms with Gasteiger partial charge in [0.05, 0.1) is 0 Å². The van der Waals surface area contributed by atoms with E-state index < -0.39 is 0 Å². The van der Waals surface area contributed by atoms with E-state index >= 15 is 0 Å². The molecule has 0 aromatic heterocycles. The number of rotatable bonds is 2. The van der Waals surface area contributed by atoms with Crippen molar-refractivity contribution in [3.63, 3.8) is 0 Å². The van der Waals surface area contributed by atoms with E-state index in [9.17, 15) is 0 Å². The summed E-state index contributed by atoms with van der Waals surface area (Å²) in [6.45, 7) is 9.18. The summed E-state index contributed by atoms with van der Waals surface area (Å²) < 4.78 is 0. The molecule has 0 nitrogen and oxygen atoms in total. The van der Waals surface area contributed by atoms with Gasteiger partial charge >= 0.3 is 0 Å². The SMILES string of the molecule is C/C=C\CC1=C(C)CCCC1(C)C. The molecule has 0 radical (unpaired) electrons. The maximum absolute atomic E-state index is 2.38. The molecule has 0 heteroatoms. The van der Waals surface area contributed by atoms with Gasteiger partial charge in [0.25, 0.3) is 0 Å². The highest BCUT2D eigenvalue weighted by atomic mass is 14.3. The monoisotopic (exact) mass is 178 g/mol. The Kier molecular flexibility index (Phi) is 3.35. The first-order valence-corrected chi connectivity index (χ1v) is 5.38. The van der Waals surface area contributed by atoms with Crippen molar-refractivity contribution in [1.29, 1.82) is 0 Å². The molecular formula is C13H22. The second kappa shape index (κ2) is 4.13.